The average Bonchev–Trinajstić information content (AvgIpc) is 3.14. The van der Waals surface area contributed by atoms with Gasteiger partial charge in [-0.2, -0.15) is 0 Å². The average molecular weight is 511 g/mol. The van der Waals surface area contributed by atoms with E-state index in [1.165, 1.54) is 0 Å². The molecule has 0 N–H and O–H groups in total. The van der Waals surface area contributed by atoms with Gasteiger partial charge in [-0.1, -0.05) is 18.2 Å². The molecule has 1 unspecified atom stereocenters. The fourth-order valence-corrected chi connectivity index (χ4v) is 5.46. The molecule has 4 rings (SSSR count). The predicted octanol–water partition coefficient (Wildman–Crippen LogP) is 4.88. The van der Waals surface area contributed by atoms with E-state index in [-0.39, 0.29) is 17.9 Å². The lowest BCUT2D eigenvalue weighted by molar-refractivity contribution is 0.0746. The molecule has 1 fully saturated rings. The zero-order chi connectivity index (χ0) is 26.7. The van der Waals surface area contributed by atoms with E-state index in [0.717, 1.165) is 29.0 Å². The molecule has 37 heavy (non-hydrogen) atoms. The molecule has 3 heterocycles. The minimum atomic E-state index is -0.0609. The van der Waals surface area contributed by atoms with Crippen molar-refractivity contribution in [3.63, 3.8) is 0 Å². The van der Waals surface area contributed by atoms with Crippen molar-refractivity contribution in [2.45, 2.75) is 59.4 Å². The van der Waals surface area contributed by atoms with Gasteiger partial charge in [0.1, 0.15) is 22.8 Å². The number of amides is 3. The number of ether oxygens (including phenoxy) is 2. The Morgan fingerprint density at radius 2 is 1.89 bits per heavy atom. The van der Waals surface area contributed by atoms with Gasteiger partial charge in [0.25, 0.3) is 5.91 Å². The number of benzene rings is 1. The van der Waals surface area contributed by atoms with Gasteiger partial charge in [-0.3, -0.25) is 9.69 Å². The van der Waals surface area contributed by atoms with Gasteiger partial charge in [0.2, 0.25) is 0 Å². The summed E-state index contributed by atoms with van der Waals surface area (Å²) in [5.41, 5.74) is 4.21. The first-order valence-corrected chi connectivity index (χ1v) is 13.0. The summed E-state index contributed by atoms with van der Waals surface area (Å²) in [6.45, 7) is 10.4. The minimum Gasteiger partial charge on any atom is -0.497 e. The Labute approximate surface area is 219 Å². The topological polar surface area (TPSA) is 88.3 Å². The third-order valence-electron chi connectivity index (χ3n) is 7.36. The fraction of sp³-hybridized carbons (Fsp3) is 0.536. The normalized spacial score (nSPS) is 18.9. The Bertz CT molecular complexity index is 1170. The van der Waals surface area contributed by atoms with Crippen LogP contribution in [0.4, 0.5) is 4.79 Å². The zero-order valence-corrected chi connectivity index (χ0v) is 22.8. The number of rotatable bonds is 4. The Morgan fingerprint density at radius 3 is 2.54 bits per heavy atom. The van der Waals surface area contributed by atoms with Crippen LogP contribution in [0.5, 0.6) is 11.5 Å². The van der Waals surface area contributed by atoms with Crippen molar-refractivity contribution >= 4 is 11.9 Å². The Kier molecular flexibility index (Phi) is 8.10. The molecule has 2 aromatic rings. The van der Waals surface area contributed by atoms with Crippen LogP contribution in [0, 0.1) is 13.8 Å². The van der Waals surface area contributed by atoms with Crippen molar-refractivity contribution in [2.24, 2.45) is 0 Å². The number of carbonyl (C=O) groups is 2. The molecule has 1 aromatic carbocycles. The number of urea groups is 1. The maximum absolute atomic E-state index is 13.9. The summed E-state index contributed by atoms with van der Waals surface area (Å²) >= 11 is 0. The predicted molar refractivity (Wildman–Crippen MR) is 140 cm³/mol. The number of aryl methyl sites for hydroxylation is 2. The van der Waals surface area contributed by atoms with Crippen molar-refractivity contribution in [1.29, 1.82) is 0 Å². The van der Waals surface area contributed by atoms with Gasteiger partial charge in [-0.15, -0.1) is 0 Å². The molecule has 1 atom stereocenters. The van der Waals surface area contributed by atoms with Crippen LogP contribution in [-0.4, -0.2) is 72.2 Å². The lowest BCUT2D eigenvalue weighted by Gasteiger charge is -2.31. The molecule has 0 spiro atoms. The van der Waals surface area contributed by atoms with Crippen molar-refractivity contribution < 1.29 is 23.6 Å². The van der Waals surface area contributed by atoms with E-state index in [1.54, 1.807) is 28.1 Å². The van der Waals surface area contributed by atoms with Crippen molar-refractivity contribution in [2.75, 3.05) is 40.4 Å². The molecule has 2 aliphatic rings. The largest absolute Gasteiger partial charge is 0.497 e. The van der Waals surface area contributed by atoms with Crippen LogP contribution in [0.1, 0.15) is 72.0 Å². The molecule has 2 aliphatic heterocycles. The van der Waals surface area contributed by atoms with Crippen molar-refractivity contribution in [1.82, 2.24) is 19.9 Å². The second-order valence-electron chi connectivity index (χ2n) is 9.75. The second-order valence-corrected chi connectivity index (χ2v) is 9.75. The van der Waals surface area contributed by atoms with E-state index in [1.807, 2.05) is 33.8 Å². The molecule has 200 valence electrons. The van der Waals surface area contributed by atoms with E-state index in [4.69, 9.17) is 14.0 Å². The summed E-state index contributed by atoms with van der Waals surface area (Å²) in [6, 6.07) is 3.89. The number of hydrogen-bond acceptors (Lipinski definition) is 6. The molecule has 0 aliphatic carbocycles. The molecule has 9 nitrogen and oxygen atoms in total. The Morgan fingerprint density at radius 1 is 1.14 bits per heavy atom. The molecule has 0 radical (unpaired) electrons. The number of nitrogens with zero attached hydrogens (tertiary/aromatic N) is 4. The number of methoxy groups -OCH3 is 2. The standard InChI is InChI=1S/C28H38N4O5/c1-7-30-12-9-13-31(27(33)26-19(3)29-37-20(26)4)11-8-10-22-14-18(2)25-21(17-32(22)28(30)34)15-23(35-5)16-24(25)36-6/h14-16,18H,7-13,17H2,1-6H3. The van der Waals surface area contributed by atoms with E-state index < -0.39 is 0 Å². The van der Waals surface area contributed by atoms with E-state index in [2.05, 4.69) is 18.2 Å². The number of carbonyl (C=O) groups excluding carboxylic acids is 2. The van der Waals surface area contributed by atoms with Gasteiger partial charge in [0, 0.05) is 49.4 Å². The molecule has 1 aromatic heterocycles. The lowest BCUT2D eigenvalue weighted by Crippen LogP contribution is -2.43. The highest BCUT2D eigenvalue weighted by Crippen LogP contribution is 2.40. The molecule has 3 amide bonds. The Hall–Kier alpha value is -3.49. The minimum absolute atomic E-state index is 0.0129. The summed E-state index contributed by atoms with van der Waals surface area (Å²) in [7, 11) is 3.30. The van der Waals surface area contributed by atoms with E-state index in [0.29, 0.717) is 68.3 Å². The fourth-order valence-electron chi connectivity index (χ4n) is 5.46. The number of allylic oxidation sites excluding steroid dienone is 2. The first-order valence-electron chi connectivity index (χ1n) is 13.0. The van der Waals surface area contributed by atoms with Gasteiger partial charge < -0.3 is 23.8 Å². The maximum atomic E-state index is 13.9. The van der Waals surface area contributed by atoms with Gasteiger partial charge in [0.05, 0.1) is 26.5 Å². The highest BCUT2D eigenvalue weighted by molar-refractivity contribution is 5.96. The SMILES string of the molecule is CCN1CCCN(C(=O)c2c(C)noc2C)CCCC2=CC(C)c3c(cc(OC)cc3OC)CN2C1=O. The smallest absolute Gasteiger partial charge is 0.324 e. The highest BCUT2D eigenvalue weighted by Gasteiger charge is 2.31. The van der Waals surface area contributed by atoms with Crippen LogP contribution < -0.4 is 9.47 Å². The molecule has 0 saturated carbocycles. The molecule has 9 heteroatoms. The molecular weight excluding hydrogens is 472 g/mol. The van der Waals surface area contributed by atoms with Gasteiger partial charge >= 0.3 is 6.03 Å². The number of fused-ring (bicyclic) bond motifs is 2. The monoisotopic (exact) mass is 510 g/mol. The molecule has 0 bridgehead atoms. The summed E-state index contributed by atoms with van der Waals surface area (Å²) in [5.74, 6) is 1.99. The Balaban J connectivity index is 1.68. The van der Waals surface area contributed by atoms with Crippen molar-refractivity contribution in [3.8, 4) is 11.5 Å². The van der Waals surface area contributed by atoms with E-state index >= 15 is 0 Å². The van der Waals surface area contributed by atoms with Crippen LogP contribution in [0.3, 0.4) is 0 Å². The van der Waals surface area contributed by atoms with E-state index in [9.17, 15) is 9.59 Å². The van der Waals surface area contributed by atoms with Gasteiger partial charge in [-0.25, -0.2) is 4.79 Å². The van der Waals surface area contributed by atoms with Crippen LogP contribution in [0.2, 0.25) is 0 Å². The summed E-state index contributed by atoms with van der Waals surface area (Å²) in [4.78, 5) is 32.9. The first kappa shape index (κ1) is 26.6. The summed E-state index contributed by atoms with van der Waals surface area (Å²) < 4.78 is 16.5. The van der Waals surface area contributed by atoms with Gasteiger partial charge in [0.15, 0.2) is 0 Å². The van der Waals surface area contributed by atoms with Crippen LogP contribution in [-0.2, 0) is 6.54 Å². The quantitative estimate of drug-likeness (QED) is 0.583. The van der Waals surface area contributed by atoms with Gasteiger partial charge in [-0.05, 0) is 51.7 Å². The molecule has 1 saturated heterocycles. The van der Waals surface area contributed by atoms with Crippen LogP contribution in [0.15, 0.2) is 28.4 Å². The summed E-state index contributed by atoms with van der Waals surface area (Å²) in [5, 5.41) is 3.97. The number of hydrogen-bond donors (Lipinski definition) is 0. The summed E-state index contributed by atoms with van der Waals surface area (Å²) in [6.07, 6.45) is 4.27. The third-order valence-corrected chi connectivity index (χ3v) is 7.36. The first-order chi connectivity index (χ1) is 17.8. The van der Waals surface area contributed by atoms with Crippen molar-refractivity contribution in [3.05, 3.63) is 52.1 Å². The van der Waals surface area contributed by atoms with Crippen LogP contribution in [0.25, 0.3) is 0 Å². The number of aromatic nitrogens is 1. The third kappa shape index (κ3) is 5.31. The zero-order valence-electron chi connectivity index (χ0n) is 22.8. The highest BCUT2D eigenvalue weighted by atomic mass is 16.5. The van der Waals surface area contributed by atoms with Crippen LogP contribution >= 0.6 is 0 Å². The molecular formula is C28H38N4O5. The lowest BCUT2D eigenvalue weighted by atomic mass is 9.94. The second kappa shape index (κ2) is 11.3. The maximum Gasteiger partial charge on any atom is 0.324 e.